The van der Waals surface area contributed by atoms with Crippen LogP contribution in [-0.4, -0.2) is 49.3 Å². The Balaban J connectivity index is 1.25. The summed E-state index contributed by atoms with van der Waals surface area (Å²) < 4.78 is 23.4. The predicted octanol–water partition coefficient (Wildman–Crippen LogP) is 5.01. The van der Waals surface area contributed by atoms with Gasteiger partial charge in [-0.25, -0.2) is 0 Å². The molecule has 184 valence electrons. The summed E-state index contributed by atoms with van der Waals surface area (Å²) in [4.78, 5) is 18.4. The first-order valence-corrected chi connectivity index (χ1v) is 12.7. The molecule has 6 rings (SSSR count). The number of para-hydroxylation sites is 2. The molecule has 2 aromatic carbocycles. The van der Waals surface area contributed by atoms with Crippen LogP contribution in [0.5, 0.6) is 23.0 Å². The maximum absolute atomic E-state index is 13.3. The average Bonchev–Trinajstić information content (AvgIpc) is 2.90. The molecule has 0 aliphatic carbocycles. The van der Waals surface area contributed by atoms with Gasteiger partial charge in [-0.1, -0.05) is 18.6 Å². The summed E-state index contributed by atoms with van der Waals surface area (Å²) in [7, 11) is 1.57. The number of rotatable bonds is 5. The number of fused-ring (bicyclic) bond motifs is 4. The van der Waals surface area contributed by atoms with Gasteiger partial charge in [0.1, 0.15) is 24.3 Å². The molecule has 7 heteroatoms. The van der Waals surface area contributed by atoms with Crippen LogP contribution >= 0.6 is 0 Å². The normalized spacial score (nSPS) is 22.8. The number of ether oxygens (including phenoxy) is 3. The van der Waals surface area contributed by atoms with Crippen LogP contribution in [0.15, 0.2) is 51.9 Å². The van der Waals surface area contributed by atoms with Crippen LogP contribution in [0.1, 0.15) is 37.7 Å². The zero-order valence-corrected chi connectivity index (χ0v) is 20.2. The highest BCUT2D eigenvalue weighted by Crippen LogP contribution is 2.36. The first kappa shape index (κ1) is 22.4. The van der Waals surface area contributed by atoms with Crippen LogP contribution in [0.4, 0.5) is 0 Å². The summed E-state index contributed by atoms with van der Waals surface area (Å²) in [5.74, 6) is 2.62. The molecule has 3 aromatic rings. The molecule has 0 radical (unpaired) electrons. The topological polar surface area (TPSA) is 64.4 Å². The third-order valence-electron chi connectivity index (χ3n) is 7.76. The Hall–Kier alpha value is -3.03. The van der Waals surface area contributed by atoms with Crippen molar-refractivity contribution in [2.24, 2.45) is 5.92 Å². The summed E-state index contributed by atoms with van der Waals surface area (Å²) in [5, 5.41) is 0.498. The molecular weight excluding hydrogens is 444 g/mol. The maximum Gasteiger partial charge on any atom is 0.235 e. The van der Waals surface area contributed by atoms with Crippen LogP contribution < -0.4 is 19.6 Å². The van der Waals surface area contributed by atoms with Gasteiger partial charge in [-0.2, -0.15) is 0 Å². The third-order valence-corrected chi connectivity index (χ3v) is 7.76. The van der Waals surface area contributed by atoms with Gasteiger partial charge in [0.15, 0.2) is 11.5 Å². The molecule has 4 heterocycles. The second-order valence-electron chi connectivity index (χ2n) is 9.89. The van der Waals surface area contributed by atoms with Crippen molar-refractivity contribution >= 4 is 11.0 Å². The molecule has 0 saturated carbocycles. The van der Waals surface area contributed by atoms with E-state index in [-0.39, 0.29) is 11.2 Å². The molecule has 1 aromatic heterocycles. The van der Waals surface area contributed by atoms with Crippen molar-refractivity contribution in [3.63, 3.8) is 0 Å². The molecule has 2 atom stereocenters. The Morgan fingerprint density at radius 1 is 1.00 bits per heavy atom. The van der Waals surface area contributed by atoms with Crippen LogP contribution in [0, 0.1) is 5.92 Å². The molecule has 0 N–H and O–H groups in total. The highest BCUT2D eigenvalue weighted by atomic mass is 16.5. The quantitative estimate of drug-likeness (QED) is 0.513. The number of methoxy groups -OCH3 is 1. The SMILES string of the molecule is COc1ccccc1Oc1coc2c3c(ccc2c1=O)OCN(C[C@H]1CCCN2CCCC[C@H]12)C3. The minimum absolute atomic E-state index is 0.134. The van der Waals surface area contributed by atoms with E-state index in [9.17, 15) is 4.79 Å². The molecule has 0 unspecified atom stereocenters. The molecule has 0 amide bonds. The van der Waals surface area contributed by atoms with E-state index in [4.69, 9.17) is 18.6 Å². The van der Waals surface area contributed by atoms with Crippen molar-refractivity contribution in [3.05, 3.63) is 58.4 Å². The number of benzene rings is 2. The Bertz CT molecular complexity index is 1270. The highest BCUT2D eigenvalue weighted by Gasteiger charge is 2.35. The fourth-order valence-corrected chi connectivity index (χ4v) is 6.07. The monoisotopic (exact) mass is 476 g/mol. The Morgan fingerprint density at radius 2 is 1.86 bits per heavy atom. The predicted molar refractivity (Wildman–Crippen MR) is 133 cm³/mol. The van der Waals surface area contributed by atoms with Gasteiger partial charge >= 0.3 is 0 Å². The van der Waals surface area contributed by atoms with E-state index in [1.54, 1.807) is 25.3 Å². The second kappa shape index (κ2) is 9.55. The van der Waals surface area contributed by atoms with Gasteiger partial charge in [-0.3, -0.25) is 9.69 Å². The Labute approximate surface area is 205 Å². The number of nitrogens with zero attached hydrogens (tertiary/aromatic N) is 2. The van der Waals surface area contributed by atoms with Crippen molar-refractivity contribution in [1.29, 1.82) is 0 Å². The lowest BCUT2D eigenvalue weighted by Gasteiger charge is -2.46. The van der Waals surface area contributed by atoms with Crippen molar-refractivity contribution in [2.45, 2.75) is 44.7 Å². The van der Waals surface area contributed by atoms with Crippen molar-refractivity contribution in [3.8, 4) is 23.0 Å². The van der Waals surface area contributed by atoms with Crippen LogP contribution in [0.2, 0.25) is 0 Å². The Morgan fingerprint density at radius 3 is 2.74 bits per heavy atom. The molecule has 0 spiro atoms. The summed E-state index contributed by atoms with van der Waals surface area (Å²) in [6.07, 6.45) is 7.93. The zero-order chi connectivity index (χ0) is 23.8. The van der Waals surface area contributed by atoms with E-state index >= 15 is 0 Å². The van der Waals surface area contributed by atoms with E-state index in [1.807, 2.05) is 18.2 Å². The average molecular weight is 477 g/mol. The van der Waals surface area contributed by atoms with Crippen molar-refractivity contribution < 1.29 is 18.6 Å². The number of piperidine rings is 2. The van der Waals surface area contributed by atoms with Crippen molar-refractivity contribution in [2.75, 3.05) is 33.5 Å². The van der Waals surface area contributed by atoms with Gasteiger partial charge in [-0.05, 0) is 69.0 Å². The first-order valence-electron chi connectivity index (χ1n) is 12.7. The molecule has 2 saturated heterocycles. The largest absolute Gasteiger partial charge is 0.493 e. The van der Waals surface area contributed by atoms with E-state index in [2.05, 4.69) is 9.80 Å². The molecule has 3 aliphatic rings. The van der Waals surface area contributed by atoms with E-state index < -0.39 is 0 Å². The second-order valence-corrected chi connectivity index (χ2v) is 9.89. The molecule has 3 aliphatic heterocycles. The van der Waals surface area contributed by atoms with E-state index in [0.29, 0.717) is 47.7 Å². The molecule has 0 bridgehead atoms. The van der Waals surface area contributed by atoms with Gasteiger partial charge in [0.25, 0.3) is 0 Å². The maximum atomic E-state index is 13.3. The Kier molecular flexibility index (Phi) is 6.12. The van der Waals surface area contributed by atoms with Gasteiger partial charge in [0.2, 0.25) is 11.2 Å². The van der Waals surface area contributed by atoms with Crippen LogP contribution in [-0.2, 0) is 6.54 Å². The lowest BCUT2D eigenvalue weighted by Crippen LogP contribution is -2.51. The lowest BCUT2D eigenvalue weighted by molar-refractivity contribution is 0.0146. The number of hydrogen-bond donors (Lipinski definition) is 0. The molecule has 2 fully saturated rings. The molecule has 7 nitrogen and oxygen atoms in total. The number of hydrogen-bond acceptors (Lipinski definition) is 7. The summed E-state index contributed by atoms with van der Waals surface area (Å²) in [5.41, 5.74) is 1.31. The van der Waals surface area contributed by atoms with E-state index in [1.165, 1.54) is 51.5 Å². The van der Waals surface area contributed by atoms with Crippen molar-refractivity contribution in [1.82, 2.24) is 9.80 Å². The summed E-state index contributed by atoms with van der Waals surface area (Å²) >= 11 is 0. The minimum Gasteiger partial charge on any atom is -0.493 e. The summed E-state index contributed by atoms with van der Waals surface area (Å²) in [6.45, 7) is 4.79. The van der Waals surface area contributed by atoms with E-state index in [0.717, 1.165) is 17.9 Å². The van der Waals surface area contributed by atoms with Crippen LogP contribution in [0.25, 0.3) is 11.0 Å². The molecular formula is C28H32N2O5. The minimum atomic E-state index is -0.206. The van der Waals surface area contributed by atoms with Gasteiger partial charge in [0, 0.05) is 19.1 Å². The first-order chi connectivity index (χ1) is 17.2. The lowest BCUT2D eigenvalue weighted by atomic mass is 9.83. The van der Waals surface area contributed by atoms with Gasteiger partial charge in [-0.15, -0.1) is 0 Å². The fraction of sp³-hybridized carbons (Fsp3) is 0.464. The smallest absolute Gasteiger partial charge is 0.235 e. The van der Waals surface area contributed by atoms with Gasteiger partial charge < -0.3 is 23.5 Å². The third kappa shape index (κ3) is 4.28. The zero-order valence-electron chi connectivity index (χ0n) is 20.2. The van der Waals surface area contributed by atoms with Gasteiger partial charge in [0.05, 0.1) is 18.1 Å². The fourth-order valence-electron chi connectivity index (χ4n) is 6.07. The summed E-state index contributed by atoms with van der Waals surface area (Å²) in [6, 6.07) is 11.6. The van der Waals surface area contributed by atoms with Crippen LogP contribution in [0.3, 0.4) is 0 Å². The highest BCUT2D eigenvalue weighted by molar-refractivity contribution is 5.83. The standard InChI is InChI=1S/C28H32N2O5/c1-32-24-9-2-3-10-25(24)35-26-17-33-28-20(27(26)31)11-12-23-21(28)16-29(18-34-23)15-19-7-6-14-30-13-5-4-8-22(19)30/h2-3,9-12,17,19,22H,4-8,13-16,18H2,1H3/t19-,22-/m1/s1. The molecule has 35 heavy (non-hydrogen) atoms.